The molecule has 2 rings (SSSR count). The summed E-state index contributed by atoms with van der Waals surface area (Å²) < 4.78 is 0. The first-order valence-corrected chi connectivity index (χ1v) is 8.02. The van der Waals surface area contributed by atoms with Crippen molar-refractivity contribution in [1.29, 1.82) is 0 Å². The summed E-state index contributed by atoms with van der Waals surface area (Å²) in [5.41, 5.74) is 7.65. The Morgan fingerprint density at radius 2 is 2.24 bits per heavy atom. The van der Waals surface area contributed by atoms with Crippen LogP contribution in [0.3, 0.4) is 0 Å². The maximum absolute atomic E-state index is 12.5. The van der Waals surface area contributed by atoms with Crippen LogP contribution in [0.5, 0.6) is 0 Å². The van der Waals surface area contributed by atoms with E-state index in [0.29, 0.717) is 17.9 Å². The number of rotatable bonds is 2. The maximum atomic E-state index is 12.5. The quantitative estimate of drug-likeness (QED) is 0.800. The SMILES string of the molecule is C=C1C[C@H](N)C(=O)N2C(CSC[C@H]2C(=O)O)/C1=C/C=C\C. The van der Waals surface area contributed by atoms with Crippen LogP contribution in [0.1, 0.15) is 13.3 Å². The molecule has 2 fully saturated rings. The summed E-state index contributed by atoms with van der Waals surface area (Å²) in [4.78, 5) is 25.4. The molecule has 0 bridgehead atoms. The fourth-order valence-electron chi connectivity index (χ4n) is 2.73. The van der Waals surface area contributed by atoms with Crippen molar-refractivity contribution in [3.63, 3.8) is 0 Å². The number of aliphatic carboxylic acids is 1. The van der Waals surface area contributed by atoms with E-state index in [-0.39, 0.29) is 11.9 Å². The van der Waals surface area contributed by atoms with Gasteiger partial charge in [0.05, 0.1) is 12.1 Å². The molecule has 5 nitrogen and oxygen atoms in total. The lowest BCUT2D eigenvalue weighted by Crippen LogP contribution is -2.58. The fraction of sp³-hybridized carbons (Fsp3) is 0.467. The lowest BCUT2D eigenvalue weighted by Gasteiger charge is -2.40. The molecule has 2 saturated heterocycles. The van der Waals surface area contributed by atoms with Crippen molar-refractivity contribution in [2.75, 3.05) is 11.5 Å². The highest BCUT2D eigenvalue weighted by molar-refractivity contribution is 7.99. The molecule has 3 atom stereocenters. The van der Waals surface area contributed by atoms with Gasteiger partial charge in [-0.1, -0.05) is 24.8 Å². The molecule has 0 spiro atoms. The van der Waals surface area contributed by atoms with Gasteiger partial charge in [-0.25, -0.2) is 4.79 Å². The molecule has 2 aliphatic rings. The molecule has 3 N–H and O–H groups in total. The van der Waals surface area contributed by atoms with Crippen LogP contribution in [-0.4, -0.2) is 51.5 Å². The second-order valence-electron chi connectivity index (χ2n) is 5.21. The van der Waals surface area contributed by atoms with Gasteiger partial charge in [0.25, 0.3) is 0 Å². The van der Waals surface area contributed by atoms with Crippen LogP contribution in [0.2, 0.25) is 0 Å². The number of carboxylic acid groups (broad SMARTS) is 1. The first kappa shape index (κ1) is 15.9. The maximum Gasteiger partial charge on any atom is 0.327 e. The van der Waals surface area contributed by atoms with Crippen LogP contribution in [0.25, 0.3) is 0 Å². The summed E-state index contributed by atoms with van der Waals surface area (Å²) in [6, 6.07) is -1.82. The number of carboxylic acids is 1. The molecule has 2 heterocycles. The smallest absolute Gasteiger partial charge is 0.327 e. The average Bonchev–Trinajstić information content (AvgIpc) is 2.54. The van der Waals surface area contributed by atoms with Gasteiger partial charge in [-0.05, 0) is 24.5 Å². The van der Waals surface area contributed by atoms with Crippen LogP contribution >= 0.6 is 11.8 Å². The second kappa shape index (κ2) is 6.49. The molecule has 1 amide bonds. The normalized spacial score (nSPS) is 32.4. The predicted octanol–water partition coefficient (Wildman–Crippen LogP) is 1.17. The van der Waals surface area contributed by atoms with Gasteiger partial charge >= 0.3 is 5.97 Å². The number of amides is 1. The zero-order chi connectivity index (χ0) is 15.6. The number of thioether (sulfide) groups is 1. The number of carbonyl (C=O) groups excluding carboxylic acids is 1. The topological polar surface area (TPSA) is 83.6 Å². The van der Waals surface area contributed by atoms with Crippen molar-refractivity contribution in [2.24, 2.45) is 5.73 Å². The van der Waals surface area contributed by atoms with Gasteiger partial charge in [0.2, 0.25) is 5.91 Å². The first-order valence-electron chi connectivity index (χ1n) is 6.86. The zero-order valence-electron chi connectivity index (χ0n) is 12.0. The van der Waals surface area contributed by atoms with Crippen LogP contribution < -0.4 is 5.73 Å². The summed E-state index contributed by atoms with van der Waals surface area (Å²) in [6.45, 7) is 5.94. The van der Waals surface area contributed by atoms with E-state index in [1.807, 2.05) is 25.2 Å². The van der Waals surface area contributed by atoms with Gasteiger partial charge in [0.15, 0.2) is 0 Å². The number of carbonyl (C=O) groups is 2. The van der Waals surface area contributed by atoms with Gasteiger partial charge in [-0.3, -0.25) is 4.79 Å². The molecule has 0 saturated carbocycles. The van der Waals surface area contributed by atoms with Crippen molar-refractivity contribution < 1.29 is 14.7 Å². The van der Waals surface area contributed by atoms with Crippen LogP contribution in [0.4, 0.5) is 0 Å². The number of allylic oxidation sites excluding steroid dienone is 3. The monoisotopic (exact) mass is 308 g/mol. The molecule has 6 heteroatoms. The highest BCUT2D eigenvalue weighted by Crippen LogP contribution is 2.34. The van der Waals surface area contributed by atoms with Gasteiger partial charge in [-0.15, -0.1) is 0 Å². The third kappa shape index (κ3) is 3.06. The Balaban J connectivity index is 2.49. The van der Waals surface area contributed by atoms with Gasteiger partial charge in [-0.2, -0.15) is 11.8 Å². The molecule has 0 aliphatic carbocycles. The zero-order valence-corrected chi connectivity index (χ0v) is 12.8. The molecule has 21 heavy (non-hydrogen) atoms. The number of nitrogens with two attached hydrogens (primary N) is 1. The Hall–Kier alpha value is -1.53. The predicted molar refractivity (Wildman–Crippen MR) is 84.0 cm³/mol. The molecule has 114 valence electrons. The Kier molecular flexibility index (Phi) is 4.90. The van der Waals surface area contributed by atoms with Gasteiger partial charge in [0, 0.05) is 11.5 Å². The van der Waals surface area contributed by atoms with Crippen molar-refractivity contribution >= 4 is 23.6 Å². The van der Waals surface area contributed by atoms with E-state index in [4.69, 9.17) is 5.73 Å². The minimum atomic E-state index is -0.981. The number of hydrogen-bond donors (Lipinski definition) is 2. The average molecular weight is 308 g/mol. The van der Waals surface area contributed by atoms with E-state index in [0.717, 1.165) is 11.1 Å². The lowest BCUT2D eigenvalue weighted by molar-refractivity contribution is -0.150. The molecule has 0 aromatic rings. The fourth-order valence-corrected chi connectivity index (χ4v) is 3.96. The second-order valence-corrected chi connectivity index (χ2v) is 6.29. The number of hydrogen-bond acceptors (Lipinski definition) is 4. The summed E-state index contributed by atoms with van der Waals surface area (Å²) >= 11 is 1.55. The molecule has 0 radical (unpaired) electrons. The van der Waals surface area contributed by atoms with E-state index in [2.05, 4.69) is 6.58 Å². The highest BCUT2D eigenvalue weighted by Gasteiger charge is 2.44. The first-order chi connectivity index (χ1) is 9.97. The lowest BCUT2D eigenvalue weighted by atomic mass is 9.96. The van der Waals surface area contributed by atoms with Gasteiger partial charge in [0.1, 0.15) is 6.04 Å². The largest absolute Gasteiger partial charge is 0.480 e. The van der Waals surface area contributed by atoms with Crippen LogP contribution in [-0.2, 0) is 9.59 Å². The van der Waals surface area contributed by atoms with Crippen LogP contribution in [0, 0.1) is 0 Å². The molecular weight excluding hydrogens is 288 g/mol. The molecular formula is C15H20N2O3S. The third-order valence-corrected chi connectivity index (χ3v) is 4.88. The summed E-state index contributed by atoms with van der Waals surface area (Å²) in [7, 11) is 0. The Morgan fingerprint density at radius 3 is 2.86 bits per heavy atom. The molecule has 1 unspecified atom stereocenters. The number of nitrogens with zero attached hydrogens (tertiary/aromatic N) is 1. The molecule has 0 aromatic heterocycles. The minimum Gasteiger partial charge on any atom is -0.480 e. The van der Waals surface area contributed by atoms with Gasteiger partial charge < -0.3 is 15.7 Å². The standard InChI is InChI=1S/C15H20N2O3S/c1-3-4-5-10-9(2)6-11(16)14(18)17-12(10)7-21-8-13(17)15(19)20/h3-5,11-13H,2,6-8,16H2,1H3,(H,19,20)/b4-3-,10-5+/t11-,12?,13-/m0/s1. The van der Waals surface area contributed by atoms with E-state index in [1.165, 1.54) is 4.90 Å². The Morgan fingerprint density at radius 1 is 1.52 bits per heavy atom. The van der Waals surface area contributed by atoms with Crippen molar-refractivity contribution in [1.82, 2.24) is 4.90 Å². The van der Waals surface area contributed by atoms with Crippen molar-refractivity contribution in [3.8, 4) is 0 Å². The van der Waals surface area contributed by atoms with E-state index in [1.54, 1.807) is 11.8 Å². The van der Waals surface area contributed by atoms with E-state index >= 15 is 0 Å². The van der Waals surface area contributed by atoms with Crippen molar-refractivity contribution in [3.05, 3.63) is 36.0 Å². The third-order valence-electron chi connectivity index (χ3n) is 3.78. The Bertz CT molecular complexity index is 527. The highest BCUT2D eigenvalue weighted by atomic mass is 32.2. The van der Waals surface area contributed by atoms with Crippen molar-refractivity contribution in [2.45, 2.75) is 31.5 Å². The molecule has 2 aliphatic heterocycles. The molecule has 0 aromatic carbocycles. The summed E-state index contributed by atoms with van der Waals surface area (Å²) in [5.74, 6) is -0.207. The van der Waals surface area contributed by atoms with E-state index < -0.39 is 18.1 Å². The van der Waals surface area contributed by atoms with Crippen LogP contribution in [0.15, 0.2) is 36.0 Å². The number of fused-ring (bicyclic) bond motifs is 1. The Labute approximate surface area is 128 Å². The van der Waals surface area contributed by atoms with E-state index in [9.17, 15) is 14.7 Å². The summed E-state index contributed by atoms with van der Waals surface area (Å²) in [6.07, 6.45) is 6.05. The minimum absolute atomic E-state index is 0.269. The summed E-state index contributed by atoms with van der Waals surface area (Å²) in [5, 5.41) is 9.40.